The van der Waals surface area contributed by atoms with E-state index < -0.39 is 0 Å². The molecule has 2 N–H and O–H groups in total. The van der Waals surface area contributed by atoms with Crippen molar-refractivity contribution in [1.82, 2.24) is 5.32 Å². The fourth-order valence-corrected chi connectivity index (χ4v) is 2.80. The SMILES string of the molecule is CCN(CC)c1ccc(NC(=O)CCNCc2ccccc2C)cc1. The van der Waals surface area contributed by atoms with Crippen molar-refractivity contribution in [2.45, 2.75) is 33.7 Å². The molecule has 4 heteroatoms. The van der Waals surface area contributed by atoms with E-state index in [-0.39, 0.29) is 5.91 Å². The number of nitrogens with one attached hydrogen (secondary N) is 2. The topological polar surface area (TPSA) is 44.4 Å². The molecule has 2 aromatic carbocycles. The summed E-state index contributed by atoms with van der Waals surface area (Å²) >= 11 is 0. The zero-order valence-electron chi connectivity index (χ0n) is 15.5. The van der Waals surface area contributed by atoms with Gasteiger partial charge in [0.2, 0.25) is 5.91 Å². The third kappa shape index (κ3) is 5.91. The summed E-state index contributed by atoms with van der Waals surface area (Å²) in [5, 5.41) is 6.29. The molecular weight excluding hydrogens is 310 g/mol. The normalized spacial score (nSPS) is 10.5. The van der Waals surface area contributed by atoms with Gasteiger partial charge in [-0.05, 0) is 56.2 Å². The maximum atomic E-state index is 12.1. The van der Waals surface area contributed by atoms with Gasteiger partial charge in [-0.25, -0.2) is 0 Å². The first-order valence-electron chi connectivity index (χ1n) is 9.04. The van der Waals surface area contributed by atoms with E-state index in [1.807, 2.05) is 24.3 Å². The number of carbonyl (C=O) groups excluding carboxylic acids is 1. The van der Waals surface area contributed by atoms with Crippen molar-refractivity contribution in [3.63, 3.8) is 0 Å². The first-order valence-corrected chi connectivity index (χ1v) is 9.04. The van der Waals surface area contributed by atoms with E-state index in [1.165, 1.54) is 16.8 Å². The zero-order valence-corrected chi connectivity index (χ0v) is 15.5. The lowest BCUT2D eigenvalue weighted by Gasteiger charge is -2.21. The standard InChI is InChI=1S/C21H29N3O/c1-4-24(5-2)20-12-10-19(11-13-20)23-21(25)14-15-22-16-18-9-7-6-8-17(18)3/h6-13,22H,4-5,14-16H2,1-3H3,(H,23,25). The van der Waals surface area contributed by atoms with Gasteiger partial charge in [0.1, 0.15) is 0 Å². The highest BCUT2D eigenvalue weighted by Crippen LogP contribution is 2.17. The van der Waals surface area contributed by atoms with Gasteiger partial charge in [0.05, 0.1) is 0 Å². The fraction of sp³-hybridized carbons (Fsp3) is 0.381. The minimum absolute atomic E-state index is 0.0351. The van der Waals surface area contributed by atoms with Gasteiger partial charge in [0, 0.05) is 44.0 Å². The quantitative estimate of drug-likeness (QED) is 0.680. The van der Waals surface area contributed by atoms with Gasteiger partial charge in [-0.2, -0.15) is 0 Å². The van der Waals surface area contributed by atoms with Crippen molar-refractivity contribution in [3.8, 4) is 0 Å². The molecule has 0 aromatic heterocycles. The van der Waals surface area contributed by atoms with Gasteiger partial charge >= 0.3 is 0 Å². The van der Waals surface area contributed by atoms with Gasteiger partial charge in [0.15, 0.2) is 0 Å². The molecule has 25 heavy (non-hydrogen) atoms. The highest BCUT2D eigenvalue weighted by atomic mass is 16.1. The number of amides is 1. The van der Waals surface area contributed by atoms with Crippen LogP contribution >= 0.6 is 0 Å². The lowest BCUT2D eigenvalue weighted by atomic mass is 10.1. The van der Waals surface area contributed by atoms with Gasteiger partial charge < -0.3 is 15.5 Å². The number of hydrogen-bond acceptors (Lipinski definition) is 3. The van der Waals surface area contributed by atoms with Crippen LogP contribution in [0.25, 0.3) is 0 Å². The number of aryl methyl sites for hydroxylation is 1. The highest BCUT2D eigenvalue weighted by Gasteiger charge is 2.05. The summed E-state index contributed by atoms with van der Waals surface area (Å²) in [5.74, 6) is 0.0351. The van der Waals surface area contributed by atoms with Gasteiger partial charge in [-0.15, -0.1) is 0 Å². The molecule has 0 spiro atoms. The first-order chi connectivity index (χ1) is 12.1. The number of carbonyl (C=O) groups is 1. The molecule has 0 saturated carbocycles. The molecule has 0 aliphatic carbocycles. The average molecular weight is 339 g/mol. The van der Waals surface area contributed by atoms with Crippen LogP contribution in [-0.4, -0.2) is 25.5 Å². The Kier molecular flexibility index (Phi) is 7.48. The van der Waals surface area contributed by atoms with E-state index in [9.17, 15) is 4.79 Å². The van der Waals surface area contributed by atoms with Crippen LogP contribution in [0.3, 0.4) is 0 Å². The fourth-order valence-electron chi connectivity index (χ4n) is 2.80. The monoisotopic (exact) mass is 339 g/mol. The lowest BCUT2D eigenvalue weighted by Crippen LogP contribution is -2.22. The predicted octanol–water partition coefficient (Wildman–Crippen LogP) is 3.96. The summed E-state index contributed by atoms with van der Waals surface area (Å²) < 4.78 is 0. The van der Waals surface area contributed by atoms with E-state index >= 15 is 0 Å². The Morgan fingerprint density at radius 2 is 1.68 bits per heavy atom. The predicted molar refractivity (Wildman–Crippen MR) is 106 cm³/mol. The molecule has 2 aromatic rings. The van der Waals surface area contributed by atoms with E-state index in [0.717, 1.165) is 25.3 Å². The molecule has 0 radical (unpaired) electrons. The Labute approximate surface area is 151 Å². The second-order valence-electron chi connectivity index (χ2n) is 6.12. The molecule has 134 valence electrons. The van der Waals surface area contributed by atoms with Crippen LogP contribution < -0.4 is 15.5 Å². The van der Waals surface area contributed by atoms with Crippen LogP contribution in [0.2, 0.25) is 0 Å². The average Bonchev–Trinajstić information content (AvgIpc) is 2.62. The van der Waals surface area contributed by atoms with Gasteiger partial charge in [-0.3, -0.25) is 4.79 Å². The molecule has 4 nitrogen and oxygen atoms in total. The molecule has 2 rings (SSSR count). The van der Waals surface area contributed by atoms with Crippen LogP contribution in [0.1, 0.15) is 31.4 Å². The van der Waals surface area contributed by atoms with Crippen molar-refractivity contribution in [2.24, 2.45) is 0 Å². The summed E-state index contributed by atoms with van der Waals surface area (Å²) in [6.45, 7) is 9.80. The molecule has 0 fully saturated rings. The molecule has 0 aliphatic heterocycles. The first kappa shape index (κ1) is 19.0. The van der Waals surface area contributed by atoms with Crippen molar-refractivity contribution in [2.75, 3.05) is 29.9 Å². The minimum Gasteiger partial charge on any atom is -0.372 e. The second-order valence-corrected chi connectivity index (χ2v) is 6.12. The molecule has 0 unspecified atom stereocenters. The molecule has 0 aliphatic rings. The van der Waals surface area contributed by atoms with Crippen LogP contribution in [0.4, 0.5) is 11.4 Å². The molecule has 0 bridgehead atoms. The maximum Gasteiger partial charge on any atom is 0.225 e. The van der Waals surface area contributed by atoms with Crippen LogP contribution in [-0.2, 0) is 11.3 Å². The number of hydrogen-bond donors (Lipinski definition) is 2. The minimum atomic E-state index is 0.0351. The van der Waals surface area contributed by atoms with Crippen LogP contribution in [0, 0.1) is 6.92 Å². The molecule has 0 saturated heterocycles. The largest absolute Gasteiger partial charge is 0.372 e. The third-order valence-electron chi connectivity index (χ3n) is 4.39. The van der Waals surface area contributed by atoms with E-state index in [0.29, 0.717) is 13.0 Å². The van der Waals surface area contributed by atoms with E-state index in [2.05, 4.69) is 60.6 Å². The zero-order chi connectivity index (χ0) is 18.1. The summed E-state index contributed by atoms with van der Waals surface area (Å²) in [7, 11) is 0. The number of anilines is 2. The van der Waals surface area contributed by atoms with Crippen molar-refractivity contribution in [1.29, 1.82) is 0 Å². The van der Waals surface area contributed by atoms with E-state index in [1.54, 1.807) is 0 Å². The van der Waals surface area contributed by atoms with Crippen molar-refractivity contribution >= 4 is 17.3 Å². The Bertz CT molecular complexity index is 663. The van der Waals surface area contributed by atoms with Crippen molar-refractivity contribution < 1.29 is 4.79 Å². The molecule has 0 heterocycles. The Morgan fingerprint density at radius 3 is 2.32 bits per heavy atom. The Balaban J connectivity index is 1.74. The third-order valence-corrected chi connectivity index (χ3v) is 4.39. The second kappa shape index (κ2) is 9.84. The molecule has 0 atom stereocenters. The summed E-state index contributed by atoms with van der Waals surface area (Å²) in [5.41, 5.74) is 4.57. The van der Waals surface area contributed by atoms with Gasteiger partial charge in [0.25, 0.3) is 0 Å². The lowest BCUT2D eigenvalue weighted by molar-refractivity contribution is -0.116. The maximum absolute atomic E-state index is 12.1. The van der Waals surface area contributed by atoms with Crippen LogP contribution in [0.15, 0.2) is 48.5 Å². The molecule has 1 amide bonds. The number of rotatable bonds is 9. The van der Waals surface area contributed by atoms with Crippen LogP contribution in [0.5, 0.6) is 0 Å². The summed E-state index contributed by atoms with van der Waals surface area (Å²) in [4.78, 5) is 14.3. The molecular formula is C21H29N3O. The highest BCUT2D eigenvalue weighted by molar-refractivity contribution is 5.91. The van der Waals surface area contributed by atoms with Gasteiger partial charge in [-0.1, -0.05) is 24.3 Å². The smallest absolute Gasteiger partial charge is 0.225 e. The number of benzene rings is 2. The Morgan fingerprint density at radius 1 is 1.00 bits per heavy atom. The Hall–Kier alpha value is -2.33. The summed E-state index contributed by atoms with van der Waals surface area (Å²) in [6, 6.07) is 16.3. The summed E-state index contributed by atoms with van der Waals surface area (Å²) in [6.07, 6.45) is 0.462. The number of nitrogens with zero attached hydrogens (tertiary/aromatic N) is 1. The van der Waals surface area contributed by atoms with E-state index in [4.69, 9.17) is 0 Å². The van der Waals surface area contributed by atoms with Crippen molar-refractivity contribution in [3.05, 3.63) is 59.7 Å².